The van der Waals surface area contributed by atoms with E-state index in [1.165, 1.54) is 31.4 Å². The van der Waals surface area contributed by atoms with Crippen LogP contribution < -0.4 is 14.2 Å². The summed E-state index contributed by atoms with van der Waals surface area (Å²) in [5, 5.41) is 10.5. The van der Waals surface area contributed by atoms with E-state index in [9.17, 15) is 18.0 Å². The maximum Gasteiger partial charge on any atom is 0.446 e. The predicted molar refractivity (Wildman–Crippen MR) is 74.9 cm³/mol. The molecule has 1 aromatic carbocycles. The van der Waals surface area contributed by atoms with E-state index in [1.54, 1.807) is 0 Å². The first-order valence-electron chi connectivity index (χ1n) is 5.74. The summed E-state index contributed by atoms with van der Waals surface area (Å²) in [4.78, 5) is 21.6. The van der Waals surface area contributed by atoms with E-state index >= 15 is 0 Å². The van der Waals surface area contributed by atoms with Crippen molar-refractivity contribution < 1.29 is 36.6 Å². The number of benzene rings is 1. The third kappa shape index (κ3) is 6.24. The fourth-order valence-electron chi connectivity index (χ4n) is 1.36. The van der Waals surface area contributed by atoms with Crippen LogP contribution in [0, 0.1) is 0 Å². The highest BCUT2D eigenvalue weighted by atomic mass is 32.3. The Morgan fingerprint density at radius 2 is 2.00 bits per heavy atom. The summed E-state index contributed by atoms with van der Waals surface area (Å²) in [6.45, 7) is -0.506. The average molecular weight is 331 g/mol. The van der Waals surface area contributed by atoms with Gasteiger partial charge in [0.2, 0.25) is 5.91 Å². The molecule has 0 heterocycles. The third-order valence-electron chi connectivity index (χ3n) is 2.22. The van der Waals surface area contributed by atoms with Gasteiger partial charge in [-0.2, -0.15) is 8.42 Å². The first-order valence-corrected chi connectivity index (χ1v) is 7.10. The zero-order valence-corrected chi connectivity index (χ0v) is 12.2. The molecule has 22 heavy (non-hydrogen) atoms. The van der Waals surface area contributed by atoms with Crippen LogP contribution in [0.2, 0.25) is 0 Å². The molecule has 0 atom stereocenters. The van der Waals surface area contributed by atoms with E-state index in [1.807, 2.05) is 0 Å². The van der Waals surface area contributed by atoms with E-state index in [2.05, 4.69) is 9.50 Å². The molecule has 0 bridgehead atoms. The zero-order chi connectivity index (χ0) is 16.8. The van der Waals surface area contributed by atoms with Crippen molar-refractivity contribution in [2.24, 2.45) is 0 Å². The number of aliphatic carboxylic acids is 1. The van der Waals surface area contributed by atoms with E-state index in [4.69, 9.17) is 14.4 Å². The molecule has 0 saturated heterocycles. The first-order chi connectivity index (χ1) is 10.2. The van der Waals surface area contributed by atoms with Gasteiger partial charge in [0.1, 0.15) is 6.54 Å². The Bertz CT molecular complexity index is 695. The van der Waals surface area contributed by atoms with Crippen LogP contribution in [0.1, 0.15) is 5.56 Å². The summed E-state index contributed by atoms with van der Waals surface area (Å²) < 4.78 is 39.1. The fourth-order valence-corrected chi connectivity index (χ4v) is 1.73. The summed E-state index contributed by atoms with van der Waals surface area (Å²) in [7, 11) is -3.42. The van der Waals surface area contributed by atoms with Gasteiger partial charge in [-0.1, -0.05) is 6.07 Å². The smallest absolute Gasteiger partial charge is 0.446 e. The van der Waals surface area contributed by atoms with Gasteiger partial charge in [0.05, 0.1) is 7.11 Å². The standard InChI is InChI=1S/C12H13NO8S/c1-20-10-6-8(2-4-9(10)21-22(17,18)19)3-5-11(14)13-7-12(15)16/h2-6H,7H2,1H3,(H,13,14)(H,15,16)(H,17,18,19). The van der Waals surface area contributed by atoms with Crippen LogP contribution in [0.5, 0.6) is 11.5 Å². The molecule has 1 rings (SSSR count). The number of rotatable bonds is 7. The maximum atomic E-state index is 11.3. The molecule has 120 valence electrons. The Kier molecular flexibility index (Phi) is 5.90. The topological polar surface area (TPSA) is 139 Å². The highest BCUT2D eigenvalue weighted by molar-refractivity contribution is 7.81. The Morgan fingerprint density at radius 3 is 2.55 bits per heavy atom. The van der Waals surface area contributed by atoms with E-state index < -0.39 is 28.8 Å². The molecule has 10 heteroatoms. The minimum absolute atomic E-state index is 0.0192. The summed E-state index contributed by atoms with van der Waals surface area (Å²) in [5.41, 5.74) is 0.463. The number of ether oxygens (including phenoxy) is 1. The Balaban J connectivity index is 2.85. The van der Waals surface area contributed by atoms with E-state index in [-0.39, 0.29) is 11.5 Å². The van der Waals surface area contributed by atoms with Crippen molar-refractivity contribution in [3.8, 4) is 11.5 Å². The van der Waals surface area contributed by atoms with E-state index in [0.29, 0.717) is 5.56 Å². The number of nitrogens with one attached hydrogen (secondary N) is 1. The molecule has 1 amide bonds. The molecule has 0 aromatic heterocycles. The van der Waals surface area contributed by atoms with Crippen molar-refractivity contribution in [2.45, 2.75) is 0 Å². The van der Waals surface area contributed by atoms with Crippen LogP contribution in [0.4, 0.5) is 0 Å². The molecule has 0 saturated carbocycles. The molecule has 0 aliphatic rings. The van der Waals surface area contributed by atoms with Crippen molar-refractivity contribution in [3.63, 3.8) is 0 Å². The van der Waals surface area contributed by atoms with Crippen molar-refractivity contribution in [2.75, 3.05) is 13.7 Å². The van der Waals surface area contributed by atoms with Crippen molar-refractivity contribution >= 4 is 28.4 Å². The molecule has 0 unspecified atom stereocenters. The average Bonchev–Trinajstić information content (AvgIpc) is 2.42. The molecule has 0 fully saturated rings. The normalized spacial score (nSPS) is 11.2. The number of carboxylic acids is 1. The summed E-state index contributed by atoms with van der Waals surface area (Å²) in [5.74, 6) is -1.99. The molecule has 1 aromatic rings. The summed E-state index contributed by atoms with van der Waals surface area (Å²) in [6, 6.07) is 3.99. The van der Waals surface area contributed by atoms with Crippen molar-refractivity contribution in [3.05, 3.63) is 29.8 Å². The first kappa shape index (κ1) is 17.5. The maximum absolute atomic E-state index is 11.3. The number of carboxylic acid groups (broad SMARTS) is 1. The largest absolute Gasteiger partial charge is 0.493 e. The molecule has 0 aliphatic carbocycles. The molecule has 0 radical (unpaired) electrons. The number of hydrogen-bond donors (Lipinski definition) is 3. The fraction of sp³-hybridized carbons (Fsp3) is 0.167. The van der Waals surface area contributed by atoms with Gasteiger partial charge in [-0.05, 0) is 23.8 Å². The summed E-state index contributed by atoms with van der Waals surface area (Å²) >= 11 is 0. The number of carbonyl (C=O) groups is 2. The second-order valence-electron chi connectivity index (χ2n) is 3.87. The number of hydrogen-bond acceptors (Lipinski definition) is 6. The van der Waals surface area contributed by atoms with Crippen LogP contribution in [-0.4, -0.2) is 43.6 Å². The lowest BCUT2D eigenvalue weighted by Crippen LogP contribution is -2.27. The summed E-state index contributed by atoms with van der Waals surface area (Å²) in [6.07, 6.45) is 2.46. The van der Waals surface area contributed by atoms with Crippen molar-refractivity contribution in [1.29, 1.82) is 0 Å². The monoisotopic (exact) mass is 331 g/mol. The van der Waals surface area contributed by atoms with Gasteiger partial charge < -0.3 is 19.3 Å². The second kappa shape index (κ2) is 7.43. The Hall–Kier alpha value is -2.59. The number of carbonyl (C=O) groups excluding carboxylic acids is 1. The Morgan fingerprint density at radius 1 is 1.32 bits per heavy atom. The van der Waals surface area contributed by atoms with Gasteiger partial charge >= 0.3 is 16.4 Å². The van der Waals surface area contributed by atoms with Gasteiger partial charge in [0.25, 0.3) is 0 Å². The van der Waals surface area contributed by atoms with Crippen molar-refractivity contribution in [1.82, 2.24) is 5.32 Å². The van der Waals surface area contributed by atoms with Crippen LogP contribution in [-0.2, 0) is 20.0 Å². The van der Waals surface area contributed by atoms with Crippen LogP contribution >= 0.6 is 0 Å². The van der Waals surface area contributed by atoms with Crippen LogP contribution in [0.25, 0.3) is 6.08 Å². The molecule has 9 nitrogen and oxygen atoms in total. The lowest BCUT2D eigenvalue weighted by molar-refractivity contribution is -0.137. The second-order valence-corrected chi connectivity index (χ2v) is 4.89. The molecular weight excluding hydrogens is 318 g/mol. The highest BCUT2D eigenvalue weighted by Crippen LogP contribution is 2.29. The third-order valence-corrected chi connectivity index (χ3v) is 2.61. The minimum atomic E-state index is -4.68. The van der Waals surface area contributed by atoms with Crippen LogP contribution in [0.15, 0.2) is 24.3 Å². The molecule has 3 N–H and O–H groups in total. The van der Waals surface area contributed by atoms with Gasteiger partial charge in [0, 0.05) is 6.08 Å². The SMILES string of the molecule is COc1cc(C=CC(=O)NCC(=O)O)ccc1OS(=O)(=O)O. The zero-order valence-electron chi connectivity index (χ0n) is 11.3. The Labute approximate surface area is 126 Å². The van der Waals surface area contributed by atoms with Crippen LogP contribution in [0.3, 0.4) is 0 Å². The van der Waals surface area contributed by atoms with Gasteiger partial charge in [0.15, 0.2) is 11.5 Å². The molecule has 0 spiro atoms. The lowest BCUT2D eigenvalue weighted by Gasteiger charge is -2.08. The van der Waals surface area contributed by atoms with Gasteiger partial charge in [-0.25, -0.2) is 0 Å². The van der Waals surface area contributed by atoms with Gasteiger partial charge in [-0.15, -0.1) is 0 Å². The predicted octanol–water partition coefficient (Wildman–Crippen LogP) is 0.0908. The minimum Gasteiger partial charge on any atom is -0.493 e. The quantitative estimate of drug-likeness (QED) is 0.472. The lowest BCUT2D eigenvalue weighted by atomic mass is 10.2. The number of methoxy groups -OCH3 is 1. The molecular formula is C12H13NO8S. The van der Waals surface area contributed by atoms with Gasteiger partial charge in [-0.3, -0.25) is 14.1 Å². The highest BCUT2D eigenvalue weighted by Gasteiger charge is 2.12. The molecule has 0 aliphatic heterocycles. The number of amides is 1. The van der Waals surface area contributed by atoms with E-state index in [0.717, 1.165) is 6.08 Å².